The summed E-state index contributed by atoms with van der Waals surface area (Å²) in [6.45, 7) is 4.83. The van der Waals surface area contributed by atoms with Gasteiger partial charge in [-0.1, -0.05) is 0 Å². The molecule has 0 aliphatic carbocycles. The molecule has 0 radical (unpaired) electrons. The standard InChI is InChI=1S/C16H26N2O6S/c1-4-23-16(24-5-2)12-17-15(19)10-11-18-25(20,21)14-8-6-13(22-3)7-9-14/h6-9,16,18H,4-5,10-12H2,1-3H3,(H,17,19). The second-order valence-electron chi connectivity index (χ2n) is 4.97. The zero-order chi connectivity index (χ0) is 18.7. The molecule has 0 aliphatic heterocycles. The molecule has 1 rings (SSSR count). The molecule has 1 amide bonds. The Balaban J connectivity index is 2.40. The van der Waals surface area contributed by atoms with Crippen LogP contribution in [0.2, 0.25) is 0 Å². The summed E-state index contributed by atoms with van der Waals surface area (Å²) < 4.78 is 42.2. The van der Waals surface area contributed by atoms with Crippen LogP contribution in [0.1, 0.15) is 20.3 Å². The Morgan fingerprint density at radius 1 is 1.12 bits per heavy atom. The monoisotopic (exact) mass is 374 g/mol. The van der Waals surface area contributed by atoms with Gasteiger partial charge in [0.25, 0.3) is 0 Å². The molecular formula is C16H26N2O6S. The highest BCUT2D eigenvalue weighted by Gasteiger charge is 2.15. The van der Waals surface area contributed by atoms with Crippen molar-refractivity contribution in [2.75, 3.05) is 33.4 Å². The third kappa shape index (κ3) is 7.82. The number of ether oxygens (including phenoxy) is 3. The molecule has 142 valence electrons. The number of methoxy groups -OCH3 is 1. The van der Waals surface area contributed by atoms with E-state index < -0.39 is 16.3 Å². The summed E-state index contributed by atoms with van der Waals surface area (Å²) in [5.74, 6) is 0.276. The van der Waals surface area contributed by atoms with Gasteiger partial charge in [-0.3, -0.25) is 4.79 Å². The number of amides is 1. The fraction of sp³-hybridized carbons (Fsp3) is 0.562. The maximum absolute atomic E-state index is 12.1. The van der Waals surface area contributed by atoms with Gasteiger partial charge in [-0.2, -0.15) is 0 Å². The number of rotatable bonds is 12. The van der Waals surface area contributed by atoms with Gasteiger partial charge in [-0.15, -0.1) is 0 Å². The summed E-state index contributed by atoms with van der Waals surface area (Å²) in [4.78, 5) is 11.9. The first-order valence-electron chi connectivity index (χ1n) is 8.06. The van der Waals surface area contributed by atoms with E-state index in [1.807, 2.05) is 13.8 Å². The first kappa shape index (κ1) is 21.4. The Bertz CT molecular complexity index is 612. The number of carbonyl (C=O) groups excluding carboxylic acids is 1. The normalized spacial score (nSPS) is 11.5. The molecular weight excluding hydrogens is 348 g/mol. The van der Waals surface area contributed by atoms with Crippen LogP contribution in [0.25, 0.3) is 0 Å². The van der Waals surface area contributed by atoms with Gasteiger partial charge >= 0.3 is 0 Å². The lowest BCUT2D eigenvalue weighted by molar-refractivity contribution is -0.140. The van der Waals surface area contributed by atoms with Crippen molar-refractivity contribution in [1.82, 2.24) is 10.0 Å². The highest BCUT2D eigenvalue weighted by atomic mass is 32.2. The Kier molecular flexibility index (Phi) is 9.43. The van der Waals surface area contributed by atoms with Crippen molar-refractivity contribution in [2.24, 2.45) is 0 Å². The lowest BCUT2D eigenvalue weighted by atomic mass is 10.3. The summed E-state index contributed by atoms with van der Waals surface area (Å²) in [6.07, 6.45) is -0.490. The van der Waals surface area contributed by atoms with E-state index in [4.69, 9.17) is 14.2 Å². The van der Waals surface area contributed by atoms with Gasteiger partial charge in [0, 0.05) is 26.2 Å². The number of nitrogens with one attached hydrogen (secondary N) is 2. The average molecular weight is 374 g/mol. The molecule has 0 bridgehead atoms. The van der Waals surface area contributed by atoms with E-state index in [0.29, 0.717) is 19.0 Å². The highest BCUT2D eigenvalue weighted by molar-refractivity contribution is 7.89. The van der Waals surface area contributed by atoms with Gasteiger partial charge in [-0.25, -0.2) is 13.1 Å². The van der Waals surface area contributed by atoms with Gasteiger partial charge in [0.2, 0.25) is 15.9 Å². The van der Waals surface area contributed by atoms with Crippen LogP contribution in [-0.4, -0.2) is 54.0 Å². The van der Waals surface area contributed by atoms with Gasteiger partial charge < -0.3 is 19.5 Å². The maximum Gasteiger partial charge on any atom is 0.240 e. The Morgan fingerprint density at radius 2 is 1.72 bits per heavy atom. The van der Waals surface area contributed by atoms with Crippen LogP contribution < -0.4 is 14.8 Å². The Morgan fingerprint density at radius 3 is 2.24 bits per heavy atom. The summed E-state index contributed by atoms with van der Waals surface area (Å²) in [7, 11) is -2.16. The Hall–Kier alpha value is -1.68. The predicted molar refractivity (Wildman–Crippen MR) is 92.8 cm³/mol. The number of hydrogen-bond acceptors (Lipinski definition) is 6. The van der Waals surface area contributed by atoms with Crippen molar-refractivity contribution in [3.8, 4) is 5.75 Å². The number of hydrogen-bond donors (Lipinski definition) is 2. The molecule has 0 saturated carbocycles. The van der Waals surface area contributed by atoms with Crippen LogP contribution in [0, 0.1) is 0 Å². The smallest absolute Gasteiger partial charge is 0.240 e. The van der Waals surface area contributed by atoms with Crippen LogP contribution in [0.15, 0.2) is 29.2 Å². The third-order valence-corrected chi connectivity index (χ3v) is 4.66. The van der Waals surface area contributed by atoms with Crippen molar-refractivity contribution >= 4 is 15.9 Å². The highest BCUT2D eigenvalue weighted by Crippen LogP contribution is 2.15. The van der Waals surface area contributed by atoms with E-state index in [1.165, 1.54) is 19.2 Å². The number of benzene rings is 1. The average Bonchev–Trinajstić information content (AvgIpc) is 2.60. The first-order chi connectivity index (χ1) is 11.9. The molecule has 2 N–H and O–H groups in total. The molecule has 0 aliphatic rings. The van der Waals surface area contributed by atoms with E-state index in [-0.39, 0.29) is 30.3 Å². The summed E-state index contributed by atoms with van der Waals surface area (Å²) in [6, 6.07) is 6.00. The molecule has 0 atom stereocenters. The van der Waals surface area contributed by atoms with Gasteiger partial charge in [0.1, 0.15) is 5.75 Å². The SMILES string of the molecule is CCOC(CNC(=O)CCNS(=O)(=O)c1ccc(OC)cc1)OCC. The third-order valence-electron chi connectivity index (χ3n) is 3.18. The van der Waals surface area contributed by atoms with Crippen molar-refractivity contribution in [3.05, 3.63) is 24.3 Å². The molecule has 0 saturated heterocycles. The molecule has 1 aromatic rings. The van der Waals surface area contributed by atoms with Crippen molar-refractivity contribution < 1.29 is 27.4 Å². The Labute approximate surface area is 148 Å². The second-order valence-corrected chi connectivity index (χ2v) is 6.73. The van der Waals surface area contributed by atoms with E-state index in [2.05, 4.69) is 10.0 Å². The van der Waals surface area contributed by atoms with Crippen LogP contribution in [-0.2, 0) is 24.3 Å². The minimum atomic E-state index is -3.66. The quantitative estimate of drug-likeness (QED) is 0.527. The van der Waals surface area contributed by atoms with Crippen LogP contribution in [0.3, 0.4) is 0 Å². The van der Waals surface area contributed by atoms with Crippen LogP contribution >= 0.6 is 0 Å². The summed E-state index contributed by atoms with van der Waals surface area (Å²) >= 11 is 0. The van der Waals surface area contributed by atoms with Crippen molar-refractivity contribution in [1.29, 1.82) is 0 Å². The van der Waals surface area contributed by atoms with E-state index in [1.54, 1.807) is 12.1 Å². The molecule has 1 aromatic carbocycles. The molecule has 25 heavy (non-hydrogen) atoms. The molecule has 0 aromatic heterocycles. The second kappa shape index (κ2) is 11.0. The summed E-state index contributed by atoms with van der Waals surface area (Å²) in [5.41, 5.74) is 0. The molecule has 8 nitrogen and oxygen atoms in total. The minimum Gasteiger partial charge on any atom is -0.497 e. The molecule has 0 unspecified atom stereocenters. The topological polar surface area (TPSA) is 103 Å². The zero-order valence-electron chi connectivity index (χ0n) is 14.8. The zero-order valence-corrected chi connectivity index (χ0v) is 15.6. The molecule has 9 heteroatoms. The summed E-state index contributed by atoms with van der Waals surface area (Å²) in [5, 5.41) is 2.65. The lowest BCUT2D eigenvalue weighted by Crippen LogP contribution is -2.37. The molecule has 0 spiro atoms. The van der Waals surface area contributed by atoms with Gasteiger partial charge in [0.05, 0.1) is 18.6 Å². The van der Waals surface area contributed by atoms with E-state index in [9.17, 15) is 13.2 Å². The molecule has 0 heterocycles. The van der Waals surface area contributed by atoms with Gasteiger partial charge in [0.15, 0.2) is 6.29 Å². The van der Waals surface area contributed by atoms with Crippen LogP contribution in [0.5, 0.6) is 5.75 Å². The fourth-order valence-electron chi connectivity index (χ4n) is 1.96. The van der Waals surface area contributed by atoms with Gasteiger partial charge in [-0.05, 0) is 38.1 Å². The number of sulfonamides is 1. The van der Waals surface area contributed by atoms with Crippen molar-refractivity contribution in [2.45, 2.75) is 31.5 Å². The minimum absolute atomic E-state index is 0.00582. The lowest BCUT2D eigenvalue weighted by Gasteiger charge is -2.17. The van der Waals surface area contributed by atoms with E-state index in [0.717, 1.165) is 0 Å². The van der Waals surface area contributed by atoms with E-state index >= 15 is 0 Å². The van der Waals surface area contributed by atoms with Crippen LogP contribution in [0.4, 0.5) is 0 Å². The number of carbonyl (C=O) groups is 1. The van der Waals surface area contributed by atoms with Crippen molar-refractivity contribution in [3.63, 3.8) is 0 Å². The first-order valence-corrected chi connectivity index (χ1v) is 9.54. The molecule has 0 fully saturated rings. The predicted octanol–water partition coefficient (Wildman–Crippen LogP) is 0.879. The largest absolute Gasteiger partial charge is 0.497 e. The fourth-order valence-corrected chi connectivity index (χ4v) is 2.99. The maximum atomic E-state index is 12.1.